The van der Waals surface area contributed by atoms with Gasteiger partial charge in [-0.2, -0.15) is 0 Å². The molecule has 0 radical (unpaired) electrons. The predicted molar refractivity (Wildman–Crippen MR) is 113 cm³/mol. The van der Waals surface area contributed by atoms with Crippen LogP contribution in [0.2, 0.25) is 0 Å². The van der Waals surface area contributed by atoms with Gasteiger partial charge in [-0.25, -0.2) is 4.39 Å². The fourth-order valence-electron chi connectivity index (χ4n) is 5.16. The minimum absolute atomic E-state index is 0.127. The van der Waals surface area contributed by atoms with Crippen LogP contribution in [0.4, 0.5) is 10.1 Å². The zero-order chi connectivity index (χ0) is 21.1. The number of ether oxygens (including phenoxy) is 1. The highest BCUT2D eigenvalue weighted by Gasteiger charge is 2.41. The van der Waals surface area contributed by atoms with Crippen molar-refractivity contribution in [2.75, 3.05) is 50.8 Å². The van der Waals surface area contributed by atoms with E-state index < -0.39 is 0 Å². The van der Waals surface area contributed by atoms with Gasteiger partial charge in [0.1, 0.15) is 5.82 Å². The van der Waals surface area contributed by atoms with Crippen LogP contribution in [-0.4, -0.2) is 73.1 Å². The molecule has 1 atom stereocenters. The molecule has 1 aromatic rings. The highest BCUT2D eigenvalue weighted by molar-refractivity contribution is 5.77. The van der Waals surface area contributed by atoms with Crippen LogP contribution in [0.1, 0.15) is 39.0 Å². The lowest BCUT2D eigenvalue weighted by Crippen LogP contribution is -2.52. The fraction of sp³-hybridized carbons (Fsp3) is 0.652. The summed E-state index contributed by atoms with van der Waals surface area (Å²) >= 11 is 0. The molecule has 3 fully saturated rings. The molecule has 1 aromatic carbocycles. The van der Waals surface area contributed by atoms with Crippen LogP contribution in [0.5, 0.6) is 0 Å². The molecule has 1 unspecified atom stereocenters. The molecule has 1 spiro atoms. The van der Waals surface area contributed by atoms with Gasteiger partial charge in [-0.05, 0) is 43.7 Å². The quantitative estimate of drug-likeness (QED) is 0.759. The molecule has 30 heavy (non-hydrogen) atoms. The van der Waals surface area contributed by atoms with Gasteiger partial charge in [-0.3, -0.25) is 9.59 Å². The van der Waals surface area contributed by atoms with Crippen LogP contribution < -0.4 is 4.90 Å². The standard InChI is InChI=1S/C23H32FN3O3/c1-18(28)25-9-7-23(8-10-25)17-19(6-15-30-23)16-22(29)27-13-11-26(12-14-27)21-5-3-2-4-20(21)24/h2-5,19H,6-17H2,1H3. The van der Waals surface area contributed by atoms with E-state index in [-0.39, 0.29) is 23.2 Å². The Labute approximate surface area is 177 Å². The number of amides is 2. The Morgan fingerprint density at radius 2 is 1.77 bits per heavy atom. The minimum atomic E-state index is -0.208. The number of benzene rings is 1. The van der Waals surface area contributed by atoms with Crippen molar-refractivity contribution >= 4 is 17.5 Å². The monoisotopic (exact) mass is 417 g/mol. The number of nitrogens with zero attached hydrogens (tertiary/aromatic N) is 3. The SMILES string of the molecule is CC(=O)N1CCC2(CC1)CC(CC(=O)N1CCN(c3ccccc3F)CC1)CCO2. The van der Waals surface area contributed by atoms with E-state index in [0.717, 1.165) is 38.8 Å². The molecule has 7 heteroatoms. The Morgan fingerprint density at radius 1 is 1.07 bits per heavy atom. The number of carbonyl (C=O) groups is 2. The van der Waals surface area contributed by atoms with Gasteiger partial charge in [-0.1, -0.05) is 12.1 Å². The largest absolute Gasteiger partial charge is 0.375 e. The second kappa shape index (κ2) is 8.92. The number of piperidine rings is 1. The third-order valence-electron chi connectivity index (χ3n) is 7.00. The summed E-state index contributed by atoms with van der Waals surface area (Å²) in [6.07, 6.45) is 4.09. The summed E-state index contributed by atoms with van der Waals surface area (Å²) in [5.41, 5.74) is 0.450. The molecule has 0 aromatic heterocycles. The number of anilines is 1. The van der Waals surface area contributed by atoms with E-state index in [1.807, 2.05) is 20.8 Å². The van der Waals surface area contributed by atoms with Crippen molar-refractivity contribution in [2.45, 2.75) is 44.6 Å². The molecule has 3 heterocycles. The number of carbonyl (C=O) groups excluding carboxylic acids is 2. The number of para-hydroxylation sites is 1. The zero-order valence-electron chi connectivity index (χ0n) is 17.8. The molecular formula is C23H32FN3O3. The third-order valence-corrected chi connectivity index (χ3v) is 7.00. The van der Waals surface area contributed by atoms with Crippen molar-refractivity contribution in [3.63, 3.8) is 0 Å². The first kappa shape index (κ1) is 21.1. The van der Waals surface area contributed by atoms with Gasteiger partial charge in [0, 0.05) is 59.2 Å². The summed E-state index contributed by atoms with van der Waals surface area (Å²) < 4.78 is 20.2. The van der Waals surface area contributed by atoms with Crippen LogP contribution in [0.3, 0.4) is 0 Å². The Morgan fingerprint density at radius 3 is 2.43 bits per heavy atom. The predicted octanol–water partition coefficient (Wildman–Crippen LogP) is 2.67. The molecular weight excluding hydrogens is 385 g/mol. The molecule has 0 N–H and O–H groups in total. The minimum Gasteiger partial charge on any atom is -0.375 e. The topological polar surface area (TPSA) is 53.1 Å². The lowest BCUT2D eigenvalue weighted by molar-refractivity contribution is -0.148. The molecule has 0 aliphatic carbocycles. The average Bonchev–Trinajstić information content (AvgIpc) is 2.75. The summed E-state index contributed by atoms with van der Waals surface area (Å²) in [6, 6.07) is 6.82. The highest BCUT2D eigenvalue weighted by atomic mass is 19.1. The number of hydrogen-bond acceptors (Lipinski definition) is 4. The van der Waals surface area contributed by atoms with Crippen LogP contribution in [0.15, 0.2) is 24.3 Å². The molecule has 164 valence electrons. The molecule has 3 aliphatic rings. The summed E-state index contributed by atoms with van der Waals surface area (Å²) in [6.45, 7) is 6.38. The summed E-state index contributed by atoms with van der Waals surface area (Å²) in [5, 5.41) is 0. The normalized spacial score (nSPS) is 24.2. The zero-order valence-corrected chi connectivity index (χ0v) is 17.8. The Hall–Kier alpha value is -2.15. The third kappa shape index (κ3) is 4.61. The van der Waals surface area contributed by atoms with Crippen molar-refractivity contribution < 1.29 is 18.7 Å². The summed E-state index contributed by atoms with van der Waals surface area (Å²) in [4.78, 5) is 30.4. The first-order valence-corrected chi connectivity index (χ1v) is 11.1. The van der Waals surface area contributed by atoms with E-state index >= 15 is 0 Å². The van der Waals surface area contributed by atoms with E-state index in [1.54, 1.807) is 19.1 Å². The van der Waals surface area contributed by atoms with Gasteiger partial charge in [0.15, 0.2) is 0 Å². The van der Waals surface area contributed by atoms with Gasteiger partial charge in [-0.15, -0.1) is 0 Å². The number of rotatable bonds is 3. The maximum absolute atomic E-state index is 14.0. The first-order valence-electron chi connectivity index (χ1n) is 11.1. The molecule has 0 saturated carbocycles. The number of hydrogen-bond donors (Lipinski definition) is 0. The van der Waals surface area contributed by atoms with E-state index in [4.69, 9.17) is 4.74 Å². The maximum atomic E-state index is 14.0. The van der Waals surface area contributed by atoms with Crippen molar-refractivity contribution in [3.8, 4) is 0 Å². The van der Waals surface area contributed by atoms with Gasteiger partial charge < -0.3 is 19.4 Å². The fourth-order valence-corrected chi connectivity index (χ4v) is 5.16. The number of piperazine rings is 1. The Balaban J connectivity index is 1.27. The van der Waals surface area contributed by atoms with Crippen LogP contribution >= 0.6 is 0 Å². The number of likely N-dealkylation sites (tertiary alicyclic amines) is 1. The van der Waals surface area contributed by atoms with Crippen LogP contribution in [0.25, 0.3) is 0 Å². The molecule has 3 aliphatic heterocycles. The lowest BCUT2D eigenvalue weighted by atomic mass is 9.78. The molecule has 6 nitrogen and oxygen atoms in total. The Bertz CT molecular complexity index is 771. The van der Waals surface area contributed by atoms with Crippen molar-refractivity contribution in [1.29, 1.82) is 0 Å². The first-order chi connectivity index (χ1) is 14.5. The van der Waals surface area contributed by atoms with Crippen LogP contribution in [-0.2, 0) is 14.3 Å². The van der Waals surface area contributed by atoms with Crippen LogP contribution in [0, 0.1) is 11.7 Å². The van der Waals surface area contributed by atoms with E-state index in [0.29, 0.717) is 50.8 Å². The Kier molecular flexibility index (Phi) is 6.27. The van der Waals surface area contributed by atoms with Gasteiger partial charge in [0.2, 0.25) is 11.8 Å². The molecule has 2 amide bonds. The number of halogens is 1. The summed E-state index contributed by atoms with van der Waals surface area (Å²) in [5.74, 6) is 0.452. The van der Waals surface area contributed by atoms with E-state index in [1.165, 1.54) is 6.07 Å². The lowest BCUT2D eigenvalue weighted by Gasteiger charge is -2.46. The maximum Gasteiger partial charge on any atom is 0.222 e. The second-order valence-corrected chi connectivity index (χ2v) is 8.92. The highest BCUT2D eigenvalue weighted by Crippen LogP contribution is 2.39. The summed E-state index contributed by atoms with van der Waals surface area (Å²) in [7, 11) is 0. The second-order valence-electron chi connectivity index (χ2n) is 8.92. The van der Waals surface area contributed by atoms with Crippen molar-refractivity contribution in [3.05, 3.63) is 30.1 Å². The van der Waals surface area contributed by atoms with Gasteiger partial charge in [0.05, 0.1) is 11.3 Å². The van der Waals surface area contributed by atoms with E-state index in [9.17, 15) is 14.0 Å². The average molecular weight is 418 g/mol. The van der Waals surface area contributed by atoms with Gasteiger partial charge in [0.25, 0.3) is 0 Å². The van der Waals surface area contributed by atoms with E-state index in [2.05, 4.69) is 0 Å². The molecule has 4 rings (SSSR count). The van der Waals surface area contributed by atoms with Crippen molar-refractivity contribution in [2.24, 2.45) is 5.92 Å². The van der Waals surface area contributed by atoms with Crippen molar-refractivity contribution in [1.82, 2.24) is 9.80 Å². The molecule has 3 saturated heterocycles. The smallest absolute Gasteiger partial charge is 0.222 e. The van der Waals surface area contributed by atoms with Gasteiger partial charge >= 0.3 is 0 Å². The molecule has 0 bridgehead atoms.